The Morgan fingerprint density at radius 3 is 2.32 bits per heavy atom. The number of benzene rings is 2. The van der Waals surface area contributed by atoms with E-state index in [0.717, 1.165) is 5.56 Å². The highest BCUT2D eigenvalue weighted by molar-refractivity contribution is 6.04. The molecule has 0 aliphatic carbocycles. The normalized spacial score (nSPS) is 10.8. The standard InChI is InChI=1S/C20H21N5O3/c1-12(2)25-19(27)16-6-4-3-5-15(16)17(24-25)18(26)22-11-13-7-9-14(10-8-13)23-20(21)28/h3-10,12H,11H2,1-2H3,(H,22,26)(H3,21,23,28). The first kappa shape index (κ1) is 19.1. The Hall–Kier alpha value is -3.68. The number of aromatic nitrogens is 2. The Labute approximate surface area is 161 Å². The number of fused-ring (bicyclic) bond motifs is 1. The zero-order valence-electron chi connectivity index (χ0n) is 15.6. The van der Waals surface area contributed by atoms with Gasteiger partial charge < -0.3 is 16.4 Å². The minimum atomic E-state index is -0.640. The van der Waals surface area contributed by atoms with Crippen molar-refractivity contribution in [1.29, 1.82) is 0 Å². The van der Waals surface area contributed by atoms with E-state index in [0.29, 0.717) is 16.5 Å². The molecule has 0 spiro atoms. The molecule has 2 aromatic carbocycles. The van der Waals surface area contributed by atoms with Crippen molar-refractivity contribution in [3.63, 3.8) is 0 Å². The summed E-state index contributed by atoms with van der Waals surface area (Å²) in [4.78, 5) is 36.2. The molecule has 144 valence electrons. The molecule has 3 aromatic rings. The Morgan fingerprint density at radius 1 is 1.07 bits per heavy atom. The molecule has 0 saturated carbocycles. The minimum Gasteiger partial charge on any atom is -0.351 e. The summed E-state index contributed by atoms with van der Waals surface area (Å²) in [5.41, 5.74) is 6.47. The van der Waals surface area contributed by atoms with Crippen molar-refractivity contribution < 1.29 is 9.59 Å². The highest BCUT2D eigenvalue weighted by Crippen LogP contribution is 2.15. The molecule has 0 fully saturated rings. The molecule has 28 heavy (non-hydrogen) atoms. The predicted octanol–water partition coefficient (Wildman–Crippen LogP) is 2.40. The lowest BCUT2D eigenvalue weighted by Crippen LogP contribution is -2.31. The lowest BCUT2D eigenvalue weighted by atomic mass is 10.1. The fourth-order valence-corrected chi connectivity index (χ4v) is 2.84. The van der Waals surface area contributed by atoms with E-state index in [4.69, 9.17) is 5.73 Å². The number of nitrogens with one attached hydrogen (secondary N) is 2. The number of carbonyl (C=O) groups is 2. The number of nitrogens with zero attached hydrogens (tertiary/aromatic N) is 2. The molecule has 0 aliphatic rings. The number of hydrogen-bond donors (Lipinski definition) is 3. The van der Waals surface area contributed by atoms with Gasteiger partial charge in [0.25, 0.3) is 11.5 Å². The minimum absolute atomic E-state index is 0.172. The van der Waals surface area contributed by atoms with Gasteiger partial charge in [-0.3, -0.25) is 9.59 Å². The Morgan fingerprint density at radius 2 is 1.71 bits per heavy atom. The number of urea groups is 1. The van der Waals surface area contributed by atoms with Crippen LogP contribution in [0.25, 0.3) is 10.8 Å². The Bertz CT molecular complexity index is 1090. The van der Waals surface area contributed by atoms with Gasteiger partial charge in [-0.2, -0.15) is 5.10 Å². The molecule has 0 bridgehead atoms. The maximum atomic E-state index is 12.8. The van der Waals surface area contributed by atoms with Crippen LogP contribution in [0.4, 0.5) is 10.5 Å². The van der Waals surface area contributed by atoms with Gasteiger partial charge in [-0.1, -0.05) is 30.3 Å². The summed E-state index contributed by atoms with van der Waals surface area (Å²) in [6.45, 7) is 3.95. The van der Waals surface area contributed by atoms with Gasteiger partial charge in [-0.05, 0) is 37.6 Å². The zero-order valence-corrected chi connectivity index (χ0v) is 15.6. The second kappa shape index (κ2) is 7.91. The molecule has 0 saturated heterocycles. The average Bonchev–Trinajstić information content (AvgIpc) is 2.67. The molecular weight excluding hydrogens is 358 g/mol. The monoisotopic (exact) mass is 379 g/mol. The highest BCUT2D eigenvalue weighted by atomic mass is 16.2. The number of carbonyl (C=O) groups excluding carboxylic acids is 2. The summed E-state index contributed by atoms with van der Waals surface area (Å²) in [6.07, 6.45) is 0. The van der Waals surface area contributed by atoms with Crippen LogP contribution in [-0.4, -0.2) is 21.7 Å². The maximum Gasteiger partial charge on any atom is 0.316 e. The van der Waals surface area contributed by atoms with Crippen LogP contribution in [0.2, 0.25) is 0 Å². The van der Waals surface area contributed by atoms with Crippen LogP contribution in [0, 0.1) is 0 Å². The van der Waals surface area contributed by atoms with Gasteiger partial charge in [0.05, 0.1) is 11.4 Å². The third-order valence-electron chi connectivity index (χ3n) is 4.21. The number of primary amides is 1. The molecular formula is C20H21N5O3. The molecule has 4 N–H and O–H groups in total. The van der Waals surface area contributed by atoms with Crippen molar-refractivity contribution in [2.24, 2.45) is 5.73 Å². The van der Waals surface area contributed by atoms with Crippen molar-refractivity contribution in [2.45, 2.75) is 26.4 Å². The topological polar surface area (TPSA) is 119 Å². The van der Waals surface area contributed by atoms with Crippen LogP contribution >= 0.6 is 0 Å². The van der Waals surface area contributed by atoms with Crippen LogP contribution < -0.4 is 21.9 Å². The van der Waals surface area contributed by atoms with E-state index in [1.54, 1.807) is 48.5 Å². The zero-order chi connectivity index (χ0) is 20.3. The first-order chi connectivity index (χ1) is 13.4. The quantitative estimate of drug-likeness (QED) is 0.630. The lowest BCUT2D eigenvalue weighted by molar-refractivity contribution is 0.0945. The van der Waals surface area contributed by atoms with E-state index in [1.165, 1.54) is 4.68 Å². The first-order valence-corrected chi connectivity index (χ1v) is 8.82. The van der Waals surface area contributed by atoms with E-state index in [9.17, 15) is 14.4 Å². The molecule has 8 heteroatoms. The van der Waals surface area contributed by atoms with Crippen molar-refractivity contribution in [3.05, 3.63) is 70.1 Å². The molecule has 1 aromatic heterocycles. The SMILES string of the molecule is CC(C)n1nc(C(=O)NCc2ccc(NC(N)=O)cc2)c2ccccc2c1=O. The molecule has 0 atom stereocenters. The van der Waals surface area contributed by atoms with Crippen molar-refractivity contribution in [2.75, 3.05) is 5.32 Å². The highest BCUT2D eigenvalue weighted by Gasteiger charge is 2.17. The largest absolute Gasteiger partial charge is 0.351 e. The summed E-state index contributed by atoms with van der Waals surface area (Å²) in [6, 6.07) is 13.1. The number of rotatable bonds is 5. The van der Waals surface area contributed by atoms with Gasteiger partial charge in [0, 0.05) is 17.6 Å². The van der Waals surface area contributed by atoms with E-state index in [-0.39, 0.29) is 29.7 Å². The lowest BCUT2D eigenvalue weighted by Gasteiger charge is -2.13. The van der Waals surface area contributed by atoms with Crippen LogP contribution in [0.15, 0.2) is 53.3 Å². The number of anilines is 1. The Balaban J connectivity index is 1.84. The first-order valence-electron chi connectivity index (χ1n) is 8.82. The molecule has 0 aliphatic heterocycles. The van der Waals surface area contributed by atoms with Gasteiger partial charge in [-0.25, -0.2) is 9.48 Å². The average molecular weight is 379 g/mol. The number of hydrogen-bond acceptors (Lipinski definition) is 4. The fourth-order valence-electron chi connectivity index (χ4n) is 2.84. The summed E-state index contributed by atoms with van der Waals surface area (Å²) >= 11 is 0. The van der Waals surface area contributed by atoms with Crippen LogP contribution in [0.1, 0.15) is 35.9 Å². The summed E-state index contributed by atoms with van der Waals surface area (Å²) < 4.78 is 1.32. The third kappa shape index (κ3) is 4.01. The van der Waals surface area contributed by atoms with Gasteiger partial charge in [0.1, 0.15) is 0 Å². The fraction of sp³-hybridized carbons (Fsp3) is 0.200. The van der Waals surface area contributed by atoms with Crippen molar-refractivity contribution in [1.82, 2.24) is 15.1 Å². The van der Waals surface area contributed by atoms with Crippen LogP contribution in [-0.2, 0) is 6.54 Å². The van der Waals surface area contributed by atoms with Gasteiger partial charge in [0.2, 0.25) is 0 Å². The number of amides is 3. The van der Waals surface area contributed by atoms with Gasteiger partial charge >= 0.3 is 6.03 Å². The van der Waals surface area contributed by atoms with E-state index >= 15 is 0 Å². The van der Waals surface area contributed by atoms with Crippen LogP contribution in [0.5, 0.6) is 0 Å². The molecule has 3 rings (SSSR count). The second-order valence-corrected chi connectivity index (χ2v) is 6.61. The number of nitrogens with two attached hydrogens (primary N) is 1. The molecule has 0 unspecified atom stereocenters. The maximum absolute atomic E-state index is 12.8. The van der Waals surface area contributed by atoms with E-state index < -0.39 is 6.03 Å². The van der Waals surface area contributed by atoms with Gasteiger partial charge in [0.15, 0.2) is 5.69 Å². The summed E-state index contributed by atoms with van der Waals surface area (Å²) in [7, 11) is 0. The summed E-state index contributed by atoms with van der Waals surface area (Å²) in [5.74, 6) is -0.370. The predicted molar refractivity (Wildman–Crippen MR) is 107 cm³/mol. The van der Waals surface area contributed by atoms with Crippen LogP contribution in [0.3, 0.4) is 0 Å². The van der Waals surface area contributed by atoms with E-state index in [1.807, 2.05) is 13.8 Å². The van der Waals surface area contributed by atoms with Crippen molar-refractivity contribution >= 4 is 28.4 Å². The molecule has 0 radical (unpaired) electrons. The Kier molecular flexibility index (Phi) is 5.39. The van der Waals surface area contributed by atoms with E-state index in [2.05, 4.69) is 15.7 Å². The summed E-state index contributed by atoms with van der Waals surface area (Å²) in [5, 5.41) is 10.6. The van der Waals surface area contributed by atoms with Crippen molar-refractivity contribution in [3.8, 4) is 0 Å². The van der Waals surface area contributed by atoms with Gasteiger partial charge in [-0.15, -0.1) is 0 Å². The second-order valence-electron chi connectivity index (χ2n) is 6.61. The third-order valence-corrected chi connectivity index (χ3v) is 4.21. The molecule has 8 nitrogen and oxygen atoms in total. The smallest absolute Gasteiger partial charge is 0.316 e. The molecule has 1 heterocycles. The molecule has 3 amide bonds.